The molecule has 1 heterocycles. The first-order chi connectivity index (χ1) is 13.8. The molecule has 4 rings (SSSR count). The van der Waals surface area contributed by atoms with E-state index in [4.69, 9.17) is 0 Å². The van der Waals surface area contributed by atoms with Crippen LogP contribution in [0.1, 0.15) is 27.0 Å². The van der Waals surface area contributed by atoms with Gasteiger partial charge in [0.15, 0.2) is 0 Å². The van der Waals surface area contributed by atoms with Crippen molar-refractivity contribution in [2.75, 3.05) is 0 Å². The Bertz CT molecular complexity index is 1260. The molecule has 0 fully saturated rings. The number of hydrogen-bond donors (Lipinski definition) is 1. The predicted octanol–water partition coefficient (Wildman–Crippen LogP) is 6.33. The Kier molecular flexibility index (Phi) is 4.63. The molecule has 3 aromatic carbocycles. The Labute approximate surface area is 168 Å². The van der Waals surface area contributed by atoms with E-state index in [0.29, 0.717) is 16.6 Å². The van der Waals surface area contributed by atoms with Gasteiger partial charge in [-0.25, -0.2) is 14.2 Å². The lowest BCUT2D eigenvalue weighted by atomic mass is 9.92. The average Bonchev–Trinajstić information content (AvgIpc) is 2.70. The van der Waals surface area contributed by atoms with Crippen molar-refractivity contribution >= 4 is 16.9 Å². The Morgan fingerprint density at radius 1 is 0.862 bits per heavy atom. The SMILES string of the molecule is Cc1ccc(C)c(-c2ccc(-c3cc(C(=O)O)c4cc(F)ccc4n3)cc2)c1C. The zero-order chi connectivity index (χ0) is 20.7. The second-order valence-electron chi connectivity index (χ2n) is 7.30. The van der Waals surface area contributed by atoms with Crippen LogP contribution in [-0.2, 0) is 0 Å². The summed E-state index contributed by atoms with van der Waals surface area (Å²) in [6, 6.07) is 17.7. The van der Waals surface area contributed by atoms with Crippen LogP contribution in [0, 0.1) is 26.6 Å². The second-order valence-corrected chi connectivity index (χ2v) is 7.30. The molecule has 0 unspecified atom stereocenters. The minimum atomic E-state index is -1.10. The topological polar surface area (TPSA) is 50.2 Å². The Balaban J connectivity index is 1.83. The fourth-order valence-corrected chi connectivity index (χ4v) is 3.73. The molecule has 0 aliphatic carbocycles. The molecule has 3 nitrogen and oxygen atoms in total. The highest BCUT2D eigenvalue weighted by Gasteiger charge is 2.14. The molecule has 0 saturated heterocycles. The molecule has 29 heavy (non-hydrogen) atoms. The summed E-state index contributed by atoms with van der Waals surface area (Å²) in [5.74, 6) is -1.59. The molecule has 4 aromatic rings. The van der Waals surface area contributed by atoms with E-state index in [1.807, 2.05) is 24.3 Å². The van der Waals surface area contributed by atoms with Crippen LogP contribution >= 0.6 is 0 Å². The van der Waals surface area contributed by atoms with Crippen molar-refractivity contribution in [1.82, 2.24) is 4.98 Å². The van der Waals surface area contributed by atoms with Crippen molar-refractivity contribution in [3.63, 3.8) is 0 Å². The van der Waals surface area contributed by atoms with E-state index in [-0.39, 0.29) is 5.56 Å². The van der Waals surface area contributed by atoms with Gasteiger partial charge in [-0.05, 0) is 72.9 Å². The number of aromatic nitrogens is 1. The van der Waals surface area contributed by atoms with Crippen molar-refractivity contribution in [2.45, 2.75) is 20.8 Å². The molecule has 0 atom stereocenters. The number of benzene rings is 3. The first-order valence-electron chi connectivity index (χ1n) is 9.36. The lowest BCUT2D eigenvalue weighted by molar-refractivity contribution is 0.0699. The fraction of sp³-hybridized carbons (Fsp3) is 0.120. The van der Waals surface area contributed by atoms with E-state index in [2.05, 4.69) is 37.9 Å². The molecular formula is C25H20FNO2. The van der Waals surface area contributed by atoms with Crippen LogP contribution in [0.25, 0.3) is 33.3 Å². The van der Waals surface area contributed by atoms with Crippen molar-refractivity contribution < 1.29 is 14.3 Å². The van der Waals surface area contributed by atoms with Gasteiger partial charge < -0.3 is 5.11 Å². The monoisotopic (exact) mass is 385 g/mol. The molecule has 0 amide bonds. The molecule has 0 spiro atoms. The Morgan fingerprint density at radius 2 is 1.52 bits per heavy atom. The third-order valence-corrected chi connectivity index (χ3v) is 5.41. The van der Waals surface area contributed by atoms with Gasteiger partial charge in [0.2, 0.25) is 0 Å². The number of aryl methyl sites for hydroxylation is 2. The van der Waals surface area contributed by atoms with Gasteiger partial charge in [0.25, 0.3) is 0 Å². The number of carboxylic acid groups (broad SMARTS) is 1. The molecular weight excluding hydrogens is 365 g/mol. The molecule has 1 aromatic heterocycles. The summed E-state index contributed by atoms with van der Waals surface area (Å²) >= 11 is 0. The molecule has 0 saturated carbocycles. The minimum Gasteiger partial charge on any atom is -0.478 e. The maximum atomic E-state index is 13.6. The lowest BCUT2D eigenvalue weighted by Gasteiger charge is -2.13. The summed E-state index contributed by atoms with van der Waals surface area (Å²) in [5.41, 5.74) is 7.87. The maximum absolute atomic E-state index is 13.6. The zero-order valence-electron chi connectivity index (χ0n) is 16.5. The van der Waals surface area contributed by atoms with Crippen LogP contribution in [0.5, 0.6) is 0 Å². The van der Waals surface area contributed by atoms with Gasteiger partial charge >= 0.3 is 5.97 Å². The van der Waals surface area contributed by atoms with Crippen LogP contribution in [0.3, 0.4) is 0 Å². The second kappa shape index (κ2) is 7.13. The summed E-state index contributed by atoms with van der Waals surface area (Å²) in [5, 5.41) is 9.87. The third kappa shape index (κ3) is 3.38. The summed E-state index contributed by atoms with van der Waals surface area (Å²) in [6.45, 7) is 6.31. The number of fused-ring (bicyclic) bond motifs is 1. The highest BCUT2D eigenvalue weighted by atomic mass is 19.1. The molecule has 0 radical (unpaired) electrons. The van der Waals surface area contributed by atoms with Crippen LogP contribution in [0.4, 0.5) is 4.39 Å². The molecule has 144 valence electrons. The van der Waals surface area contributed by atoms with E-state index in [1.54, 1.807) is 0 Å². The summed E-state index contributed by atoms with van der Waals surface area (Å²) in [6.07, 6.45) is 0. The third-order valence-electron chi connectivity index (χ3n) is 5.41. The van der Waals surface area contributed by atoms with Crippen molar-refractivity contribution in [2.24, 2.45) is 0 Å². The molecule has 0 bridgehead atoms. The highest BCUT2D eigenvalue weighted by molar-refractivity contribution is 6.03. The first kappa shape index (κ1) is 18.8. The van der Waals surface area contributed by atoms with Crippen LogP contribution in [0.15, 0.2) is 60.7 Å². The van der Waals surface area contributed by atoms with Gasteiger partial charge in [-0.15, -0.1) is 0 Å². The van der Waals surface area contributed by atoms with E-state index < -0.39 is 11.8 Å². The Hall–Kier alpha value is -3.53. The number of aromatic carboxylic acids is 1. The standard InChI is InChI=1S/C25H20FNO2/c1-14-4-5-15(2)24(16(14)3)18-8-6-17(7-9-18)23-13-21(25(28)29)20-12-19(26)10-11-22(20)27-23/h4-13H,1-3H3,(H,28,29). The predicted molar refractivity (Wildman–Crippen MR) is 114 cm³/mol. The molecule has 0 aliphatic heterocycles. The summed E-state index contributed by atoms with van der Waals surface area (Å²) in [4.78, 5) is 16.3. The molecule has 1 N–H and O–H groups in total. The van der Waals surface area contributed by atoms with Gasteiger partial charge in [-0.3, -0.25) is 0 Å². The molecule has 0 aliphatic rings. The number of rotatable bonds is 3. The van der Waals surface area contributed by atoms with Crippen LogP contribution in [-0.4, -0.2) is 16.1 Å². The van der Waals surface area contributed by atoms with E-state index in [0.717, 1.165) is 11.1 Å². The van der Waals surface area contributed by atoms with Crippen molar-refractivity contribution in [3.05, 3.63) is 88.7 Å². The van der Waals surface area contributed by atoms with E-state index in [1.165, 1.54) is 46.5 Å². The van der Waals surface area contributed by atoms with Crippen LogP contribution in [0.2, 0.25) is 0 Å². The van der Waals surface area contributed by atoms with Gasteiger partial charge in [-0.2, -0.15) is 0 Å². The fourth-order valence-electron chi connectivity index (χ4n) is 3.73. The van der Waals surface area contributed by atoms with Crippen molar-refractivity contribution in [1.29, 1.82) is 0 Å². The van der Waals surface area contributed by atoms with Gasteiger partial charge in [0.1, 0.15) is 5.82 Å². The lowest BCUT2D eigenvalue weighted by Crippen LogP contribution is -2.00. The number of pyridine rings is 1. The normalized spacial score (nSPS) is 11.0. The summed E-state index contributed by atoms with van der Waals surface area (Å²) < 4.78 is 13.6. The largest absolute Gasteiger partial charge is 0.478 e. The quantitative estimate of drug-likeness (QED) is 0.448. The Morgan fingerprint density at radius 3 is 2.21 bits per heavy atom. The van der Waals surface area contributed by atoms with Gasteiger partial charge in [0, 0.05) is 10.9 Å². The van der Waals surface area contributed by atoms with E-state index >= 15 is 0 Å². The smallest absolute Gasteiger partial charge is 0.336 e. The number of carbonyl (C=O) groups is 1. The van der Waals surface area contributed by atoms with Gasteiger partial charge in [-0.1, -0.05) is 36.4 Å². The highest BCUT2D eigenvalue weighted by Crippen LogP contribution is 2.32. The maximum Gasteiger partial charge on any atom is 0.336 e. The van der Waals surface area contributed by atoms with Crippen molar-refractivity contribution in [3.8, 4) is 22.4 Å². The van der Waals surface area contributed by atoms with Gasteiger partial charge in [0.05, 0.1) is 16.8 Å². The number of nitrogens with zero attached hydrogens (tertiary/aromatic N) is 1. The summed E-state index contributed by atoms with van der Waals surface area (Å²) in [7, 11) is 0. The number of hydrogen-bond acceptors (Lipinski definition) is 2. The zero-order valence-corrected chi connectivity index (χ0v) is 16.5. The first-order valence-corrected chi connectivity index (χ1v) is 9.36. The number of carboxylic acids is 1. The number of halogens is 1. The molecule has 4 heteroatoms. The average molecular weight is 385 g/mol. The van der Waals surface area contributed by atoms with Crippen LogP contribution < -0.4 is 0 Å². The van der Waals surface area contributed by atoms with E-state index in [9.17, 15) is 14.3 Å². The minimum absolute atomic E-state index is 0.0407.